The van der Waals surface area contributed by atoms with Crippen LogP contribution in [0.25, 0.3) is 0 Å². The van der Waals surface area contributed by atoms with Crippen molar-refractivity contribution < 1.29 is 32.1 Å². The molecule has 2 unspecified atom stereocenters. The summed E-state index contributed by atoms with van der Waals surface area (Å²) in [6.07, 6.45) is 0.387. The molecule has 1 heterocycles. The smallest absolute Gasteiger partial charge is 0.297 e. The third-order valence-electron chi connectivity index (χ3n) is 4.52. The predicted octanol–water partition coefficient (Wildman–Crippen LogP) is 3.62. The lowest BCUT2D eigenvalue weighted by molar-refractivity contribution is -0.384. The number of halogens is 1. The van der Waals surface area contributed by atoms with Crippen LogP contribution < -0.4 is 0 Å². The van der Waals surface area contributed by atoms with Crippen LogP contribution in [0, 0.1) is 10.1 Å². The highest BCUT2D eigenvalue weighted by Gasteiger charge is 2.25. The highest BCUT2D eigenvalue weighted by Crippen LogP contribution is 2.38. The molecule has 1 N–H and O–H groups in total. The van der Waals surface area contributed by atoms with Crippen LogP contribution in [0.5, 0.6) is 5.75 Å². The lowest BCUT2D eigenvalue weighted by Gasteiger charge is -2.19. The molecule has 0 spiro atoms. The lowest BCUT2D eigenvalue weighted by Crippen LogP contribution is -2.16. The van der Waals surface area contributed by atoms with Crippen molar-refractivity contribution in [2.45, 2.75) is 22.2 Å². The Bertz CT molecular complexity index is 996. The fraction of sp³-hybridized carbons (Fsp3) is 0.368. The third kappa shape index (κ3) is 5.55. The molecule has 1 aliphatic rings. The summed E-state index contributed by atoms with van der Waals surface area (Å²) in [7, 11) is -4.04. The van der Waals surface area contributed by atoms with Crippen LogP contribution in [0.3, 0.4) is 0 Å². The molecule has 2 aromatic carbocycles. The summed E-state index contributed by atoms with van der Waals surface area (Å²) in [4.78, 5) is 9.93. The molecule has 0 fully saturated rings. The topological polar surface area (TPSA) is 125 Å². The standard InChI is InChI=1S/C19H20BrNO8S/c20-18-7-8-28-19(16-6-3-14(22)11-17(16)18)12-27-9-10-29-30(25,26)15-4-1-13(2-5-15)21(23)24/h1-6,11,18-19,22H,7-10,12H2. The molecule has 0 saturated heterocycles. The highest BCUT2D eigenvalue weighted by molar-refractivity contribution is 9.09. The minimum atomic E-state index is -4.04. The first kappa shape index (κ1) is 22.6. The van der Waals surface area contributed by atoms with Crippen LogP contribution in [-0.2, 0) is 23.8 Å². The monoisotopic (exact) mass is 501 g/mol. The van der Waals surface area contributed by atoms with Gasteiger partial charge in [0.2, 0.25) is 0 Å². The second-order valence-electron chi connectivity index (χ2n) is 6.53. The summed E-state index contributed by atoms with van der Waals surface area (Å²) in [5, 5.41) is 20.4. The fourth-order valence-electron chi connectivity index (χ4n) is 3.02. The van der Waals surface area contributed by atoms with Crippen molar-refractivity contribution in [3.05, 3.63) is 63.7 Å². The van der Waals surface area contributed by atoms with Gasteiger partial charge >= 0.3 is 0 Å². The van der Waals surface area contributed by atoms with E-state index >= 15 is 0 Å². The summed E-state index contributed by atoms with van der Waals surface area (Å²) >= 11 is 3.59. The van der Waals surface area contributed by atoms with Gasteiger partial charge in [-0.3, -0.25) is 14.3 Å². The highest BCUT2D eigenvalue weighted by atomic mass is 79.9. The SMILES string of the molecule is O=[N+]([O-])c1ccc(S(=O)(=O)OCCOCC2OCCC(Br)c3cc(O)ccc32)cc1. The zero-order chi connectivity index (χ0) is 21.7. The van der Waals surface area contributed by atoms with Crippen LogP contribution in [0.15, 0.2) is 47.4 Å². The summed E-state index contributed by atoms with van der Waals surface area (Å²) in [6.45, 7) is 0.496. The predicted molar refractivity (Wildman–Crippen MR) is 110 cm³/mol. The molecule has 30 heavy (non-hydrogen) atoms. The van der Waals surface area contributed by atoms with E-state index in [0.717, 1.165) is 41.8 Å². The largest absolute Gasteiger partial charge is 0.508 e. The molecule has 2 aromatic rings. The molecule has 3 rings (SSSR count). The van der Waals surface area contributed by atoms with Gasteiger partial charge in [-0.2, -0.15) is 8.42 Å². The van der Waals surface area contributed by atoms with Gasteiger partial charge < -0.3 is 14.6 Å². The number of fused-ring (bicyclic) bond motifs is 1. The van der Waals surface area contributed by atoms with E-state index in [1.54, 1.807) is 18.2 Å². The van der Waals surface area contributed by atoms with Gasteiger partial charge in [-0.1, -0.05) is 22.0 Å². The zero-order valence-electron chi connectivity index (χ0n) is 15.8. The minimum absolute atomic E-state index is 0.0111. The number of benzene rings is 2. The van der Waals surface area contributed by atoms with Crippen LogP contribution in [0.4, 0.5) is 5.69 Å². The first-order chi connectivity index (χ1) is 14.3. The van der Waals surface area contributed by atoms with E-state index in [9.17, 15) is 23.6 Å². The maximum atomic E-state index is 12.2. The number of ether oxygens (including phenoxy) is 2. The van der Waals surface area contributed by atoms with Gasteiger partial charge in [0.05, 0.1) is 29.6 Å². The third-order valence-corrected chi connectivity index (χ3v) is 6.79. The fourth-order valence-corrected chi connectivity index (χ4v) is 4.50. The number of nitrogens with zero attached hydrogens (tertiary/aromatic N) is 1. The number of nitro groups is 1. The second-order valence-corrected chi connectivity index (χ2v) is 9.25. The van der Waals surface area contributed by atoms with Gasteiger partial charge in [-0.15, -0.1) is 0 Å². The summed E-state index contributed by atoms with van der Waals surface area (Å²) < 4.78 is 40.6. The van der Waals surface area contributed by atoms with Crippen molar-refractivity contribution in [3.63, 3.8) is 0 Å². The van der Waals surface area contributed by atoms with Crippen molar-refractivity contribution >= 4 is 31.7 Å². The molecule has 0 aromatic heterocycles. The van der Waals surface area contributed by atoms with Crippen LogP contribution in [-0.4, -0.2) is 44.9 Å². The molecule has 162 valence electrons. The molecule has 11 heteroatoms. The van der Waals surface area contributed by atoms with E-state index in [2.05, 4.69) is 15.9 Å². The zero-order valence-corrected chi connectivity index (χ0v) is 18.2. The number of alkyl halides is 1. The summed E-state index contributed by atoms with van der Waals surface area (Å²) in [5.41, 5.74) is 1.62. The minimum Gasteiger partial charge on any atom is -0.508 e. The Hall–Kier alpha value is -2.05. The van der Waals surface area contributed by atoms with Gasteiger partial charge in [0.1, 0.15) is 11.9 Å². The number of phenolic OH excluding ortho intramolecular Hbond substituents is 1. The molecule has 0 amide bonds. The van der Waals surface area contributed by atoms with Crippen molar-refractivity contribution in [3.8, 4) is 5.75 Å². The Labute approximate surface area is 182 Å². The number of rotatable bonds is 8. The Kier molecular flexibility index (Phi) is 7.42. The van der Waals surface area contributed by atoms with Crippen LogP contribution in [0.1, 0.15) is 28.5 Å². The molecule has 0 bridgehead atoms. The number of hydrogen-bond acceptors (Lipinski definition) is 8. The summed E-state index contributed by atoms with van der Waals surface area (Å²) in [6, 6.07) is 9.50. The van der Waals surface area contributed by atoms with E-state index in [-0.39, 0.29) is 47.1 Å². The van der Waals surface area contributed by atoms with E-state index in [1.165, 1.54) is 0 Å². The normalized spacial score (nSPS) is 19.1. The second kappa shape index (κ2) is 9.84. The maximum Gasteiger partial charge on any atom is 0.297 e. The van der Waals surface area contributed by atoms with Gasteiger partial charge in [-0.25, -0.2) is 0 Å². The molecule has 0 radical (unpaired) electrons. The van der Waals surface area contributed by atoms with E-state index in [0.29, 0.717) is 6.61 Å². The number of hydrogen-bond donors (Lipinski definition) is 1. The van der Waals surface area contributed by atoms with Crippen molar-refractivity contribution in [2.24, 2.45) is 0 Å². The first-order valence-corrected chi connectivity index (χ1v) is 11.4. The van der Waals surface area contributed by atoms with E-state index < -0.39 is 15.0 Å². The Morgan fingerprint density at radius 3 is 2.60 bits per heavy atom. The van der Waals surface area contributed by atoms with Crippen molar-refractivity contribution in [2.75, 3.05) is 26.4 Å². The van der Waals surface area contributed by atoms with Gasteiger partial charge in [0.25, 0.3) is 15.8 Å². The molecular weight excluding hydrogens is 482 g/mol. The first-order valence-electron chi connectivity index (χ1n) is 9.08. The van der Waals surface area contributed by atoms with E-state index in [1.807, 2.05) is 0 Å². The Balaban J connectivity index is 1.52. The van der Waals surface area contributed by atoms with Gasteiger partial charge in [0.15, 0.2) is 0 Å². The molecule has 0 aliphatic carbocycles. The summed E-state index contributed by atoms with van der Waals surface area (Å²) in [5.74, 6) is 0.171. The lowest BCUT2D eigenvalue weighted by atomic mass is 9.99. The molecular formula is C19H20BrNO8S. The van der Waals surface area contributed by atoms with E-state index in [4.69, 9.17) is 13.7 Å². The number of nitro benzene ring substituents is 1. The molecule has 9 nitrogen and oxygen atoms in total. The van der Waals surface area contributed by atoms with Crippen molar-refractivity contribution in [1.29, 1.82) is 0 Å². The van der Waals surface area contributed by atoms with Crippen LogP contribution >= 0.6 is 15.9 Å². The van der Waals surface area contributed by atoms with Crippen molar-refractivity contribution in [1.82, 2.24) is 0 Å². The Morgan fingerprint density at radius 2 is 1.90 bits per heavy atom. The Morgan fingerprint density at radius 1 is 1.17 bits per heavy atom. The quantitative estimate of drug-likeness (QED) is 0.191. The number of phenols is 1. The maximum absolute atomic E-state index is 12.2. The molecule has 0 saturated carbocycles. The average molecular weight is 502 g/mol. The molecule has 1 aliphatic heterocycles. The average Bonchev–Trinajstić information content (AvgIpc) is 2.86. The number of aromatic hydroxyl groups is 1. The number of non-ortho nitro benzene ring substituents is 1. The van der Waals surface area contributed by atoms with Gasteiger partial charge in [-0.05, 0) is 41.8 Å². The van der Waals surface area contributed by atoms with Gasteiger partial charge in [0, 0.05) is 23.6 Å². The van der Waals surface area contributed by atoms with Crippen LogP contribution in [0.2, 0.25) is 0 Å². The molecule has 2 atom stereocenters.